The summed E-state index contributed by atoms with van der Waals surface area (Å²) in [6, 6.07) is 7.47. The highest BCUT2D eigenvalue weighted by atomic mass is 19.1. The first-order valence-electron chi connectivity index (χ1n) is 9.54. The van der Waals surface area contributed by atoms with Gasteiger partial charge in [-0.1, -0.05) is 26.0 Å². The topological polar surface area (TPSA) is 98.1 Å². The van der Waals surface area contributed by atoms with Gasteiger partial charge in [-0.25, -0.2) is 9.37 Å². The Labute approximate surface area is 173 Å². The second-order valence-electron chi connectivity index (χ2n) is 7.29. The molecule has 0 spiro atoms. The van der Waals surface area contributed by atoms with E-state index in [1.165, 1.54) is 25.1 Å². The summed E-state index contributed by atoms with van der Waals surface area (Å²) in [6.45, 7) is 7.20. The van der Waals surface area contributed by atoms with Gasteiger partial charge in [0.25, 0.3) is 11.8 Å². The van der Waals surface area contributed by atoms with Crippen LogP contribution in [-0.4, -0.2) is 32.7 Å². The molecule has 2 N–H and O–H groups in total. The number of aromatic nitrogens is 3. The summed E-state index contributed by atoms with van der Waals surface area (Å²) in [4.78, 5) is 29.7. The number of para-hydroxylation sites is 1. The third kappa shape index (κ3) is 4.24. The lowest BCUT2D eigenvalue weighted by Crippen LogP contribution is -2.47. The van der Waals surface area contributed by atoms with Crippen molar-refractivity contribution in [3.05, 3.63) is 53.1 Å². The van der Waals surface area contributed by atoms with Crippen molar-refractivity contribution in [1.29, 1.82) is 0 Å². The molecular formula is C21H24FN5O3. The molecule has 30 heavy (non-hydrogen) atoms. The second kappa shape index (κ2) is 8.48. The van der Waals surface area contributed by atoms with E-state index in [1.807, 2.05) is 13.8 Å². The van der Waals surface area contributed by atoms with Crippen molar-refractivity contribution in [3.63, 3.8) is 0 Å². The lowest BCUT2D eigenvalue weighted by atomic mass is 10.0. The summed E-state index contributed by atoms with van der Waals surface area (Å²) in [5.74, 6) is -1.65. The molecule has 1 aromatic carbocycles. The zero-order valence-corrected chi connectivity index (χ0v) is 17.5. The Balaban J connectivity index is 1.76. The minimum absolute atomic E-state index is 0.0464. The third-order valence-electron chi connectivity index (χ3n) is 4.63. The lowest BCUT2D eigenvalue weighted by molar-refractivity contribution is -0.128. The largest absolute Gasteiger partial charge is 0.478 e. The average Bonchev–Trinajstić information content (AvgIpc) is 3.00. The Kier molecular flexibility index (Phi) is 6.00. The molecule has 0 aliphatic rings. The number of nitrogens with zero attached hydrogens (tertiary/aromatic N) is 3. The first-order valence-corrected chi connectivity index (χ1v) is 9.54. The molecule has 2 amide bonds. The molecule has 8 nitrogen and oxygen atoms in total. The van der Waals surface area contributed by atoms with Gasteiger partial charge >= 0.3 is 0 Å². The quantitative estimate of drug-likeness (QED) is 0.627. The van der Waals surface area contributed by atoms with Gasteiger partial charge in [-0.05, 0) is 38.0 Å². The fourth-order valence-corrected chi connectivity index (χ4v) is 3.01. The smallest absolute Gasteiger partial charge is 0.279 e. The van der Waals surface area contributed by atoms with E-state index in [0.717, 1.165) is 5.69 Å². The molecule has 2 heterocycles. The van der Waals surface area contributed by atoms with E-state index in [1.54, 1.807) is 30.8 Å². The minimum Gasteiger partial charge on any atom is -0.478 e. The number of pyridine rings is 1. The van der Waals surface area contributed by atoms with Gasteiger partial charge in [0.05, 0.1) is 16.6 Å². The van der Waals surface area contributed by atoms with Crippen molar-refractivity contribution in [1.82, 2.24) is 25.6 Å². The number of halogens is 1. The molecule has 0 saturated heterocycles. The van der Waals surface area contributed by atoms with Crippen LogP contribution in [0, 0.1) is 12.7 Å². The molecule has 3 aromatic rings. The molecule has 3 rings (SSSR count). The van der Waals surface area contributed by atoms with E-state index in [0.29, 0.717) is 22.3 Å². The number of ether oxygens (including phenoxy) is 1. The Morgan fingerprint density at radius 1 is 1.17 bits per heavy atom. The first kappa shape index (κ1) is 21.2. The summed E-state index contributed by atoms with van der Waals surface area (Å²) in [7, 11) is 1.76. The minimum atomic E-state index is -1.02. The Bertz CT molecular complexity index is 1110. The fraction of sp³-hybridized carbons (Fsp3) is 0.333. The number of hydrogen-bond donors (Lipinski definition) is 2. The molecule has 9 heteroatoms. The van der Waals surface area contributed by atoms with Gasteiger partial charge in [-0.15, -0.1) is 0 Å². The average molecular weight is 413 g/mol. The number of rotatable bonds is 5. The molecule has 0 radical (unpaired) electrons. The van der Waals surface area contributed by atoms with E-state index < -0.39 is 23.7 Å². The predicted molar refractivity (Wildman–Crippen MR) is 109 cm³/mol. The van der Waals surface area contributed by atoms with Gasteiger partial charge in [-0.2, -0.15) is 5.10 Å². The van der Waals surface area contributed by atoms with Gasteiger partial charge in [-0.3, -0.25) is 25.1 Å². The lowest BCUT2D eigenvalue weighted by Gasteiger charge is -2.16. The van der Waals surface area contributed by atoms with Crippen LogP contribution in [0.2, 0.25) is 0 Å². The normalized spacial score (nSPS) is 12.1. The zero-order valence-electron chi connectivity index (χ0n) is 17.5. The van der Waals surface area contributed by atoms with Crippen LogP contribution in [0.15, 0.2) is 30.3 Å². The number of nitrogens with one attached hydrogen (secondary N) is 2. The maximum atomic E-state index is 13.7. The van der Waals surface area contributed by atoms with Crippen molar-refractivity contribution < 1.29 is 18.7 Å². The molecule has 0 bridgehead atoms. The van der Waals surface area contributed by atoms with Crippen LogP contribution in [-0.2, 0) is 11.8 Å². The van der Waals surface area contributed by atoms with Crippen LogP contribution in [0.25, 0.3) is 11.0 Å². The Morgan fingerprint density at radius 3 is 2.53 bits per heavy atom. The standard InChI is InChI=1S/C21H24FN5O3/c1-11(2)16-10-14(18-12(3)26-27(5)19(18)23-16)21(29)25-24-20(28)13(4)30-17-9-7-6-8-15(17)22/h6-11,13H,1-5H3,(H,24,28)(H,25,29). The van der Waals surface area contributed by atoms with Crippen LogP contribution in [0.3, 0.4) is 0 Å². The molecule has 1 unspecified atom stereocenters. The summed E-state index contributed by atoms with van der Waals surface area (Å²) >= 11 is 0. The molecule has 1 atom stereocenters. The molecule has 0 fully saturated rings. The maximum Gasteiger partial charge on any atom is 0.279 e. The summed E-state index contributed by atoms with van der Waals surface area (Å²) in [5, 5.41) is 4.96. The van der Waals surface area contributed by atoms with Gasteiger partial charge in [0.2, 0.25) is 0 Å². The molecular weight excluding hydrogens is 389 g/mol. The predicted octanol–water partition coefficient (Wildman–Crippen LogP) is 2.77. The van der Waals surface area contributed by atoms with Crippen LogP contribution in [0.1, 0.15) is 48.4 Å². The van der Waals surface area contributed by atoms with Crippen molar-refractivity contribution in [2.75, 3.05) is 0 Å². The van der Waals surface area contributed by atoms with Crippen molar-refractivity contribution in [2.24, 2.45) is 7.05 Å². The van der Waals surface area contributed by atoms with E-state index in [-0.39, 0.29) is 11.7 Å². The summed E-state index contributed by atoms with van der Waals surface area (Å²) in [5.41, 5.74) is 7.06. The number of aryl methyl sites for hydroxylation is 2. The van der Waals surface area contributed by atoms with Gasteiger partial charge in [0, 0.05) is 12.7 Å². The van der Waals surface area contributed by atoms with Crippen LogP contribution in [0.5, 0.6) is 5.75 Å². The molecule has 0 aliphatic heterocycles. The number of fused-ring (bicyclic) bond motifs is 1. The molecule has 0 saturated carbocycles. The van der Waals surface area contributed by atoms with Gasteiger partial charge in [0.15, 0.2) is 23.3 Å². The second-order valence-corrected chi connectivity index (χ2v) is 7.29. The SMILES string of the molecule is Cc1nn(C)c2nc(C(C)C)cc(C(=O)NNC(=O)C(C)Oc3ccccc3F)c12. The Hall–Kier alpha value is -3.49. The van der Waals surface area contributed by atoms with Crippen LogP contribution >= 0.6 is 0 Å². The van der Waals surface area contributed by atoms with E-state index >= 15 is 0 Å². The Morgan fingerprint density at radius 2 is 1.87 bits per heavy atom. The number of carbonyl (C=O) groups excluding carboxylic acids is 2. The van der Waals surface area contributed by atoms with Crippen LogP contribution < -0.4 is 15.6 Å². The highest BCUT2D eigenvalue weighted by Crippen LogP contribution is 2.24. The zero-order chi connectivity index (χ0) is 22.0. The number of carbonyl (C=O) groups is 2. The number of hydrazine groups is 1. The van der Waals surface area contributed by atoms with E-state index in [2.05, 4.69) is 20.9 Å². The highest BCUT2D eigenvalue weighted by molar-refractivity contribution is 6.07. The third-order valence-corrected chi connectivity index (χ3v) is 4.63. The fourth-order valence-electron chi connectivity index (χ4n) is 3.01. The van der Waals surface area contributed by atoms with Crippen molar-refractivity contribution in [2.45, 2.75) is 39.7 Å². The van der Waals surface area contributed by atoms with Crippen molar-refractivity contribution >= 4 is 22.8 Å². The summed E-state index contributed by atoms with van der Waals surface area (Å²) < 4.78 is 20.6. The van der Waals surface area contributed by atoms with Crippen molar-refractivity contribution in [3.8, 4) is 5.75 Å². The van der Waals surface area contributed by atoms with E-state index in [4.69, 9.17) is 4.74 Å². The highest BCUT2D eigenvalue weighted by Gasteiger charge is 2.21. The molecule has 2 aromatic heterocycles. The van der Waals surface area contributed by atoms with Gasteiger partial charge < -0.3 is 4.74 Å². The first-order chi connectivity index (χ1) is 14.2. The van der Waals surface area contributed by atoms with Crippen LogP contribution in [0.4, 0.5) is 4.39 Å². The van der Waals surface area contributed by atoms with Gasteiger partial charge in [0.1, 0.15) is 0 Å². The maximum absolute atomic E-state index is 13.7. The monoisotopic (exact) mass is 413 g/mol. The number of benzene rings is 1. The van der Waals surface area contributed by atoms with E-state index in [9.17, 15) is 14.0 Å². The molecule has 158 valence electrons. The number of amides is 2. The summed E-state index contributed by atoms with van der Waals surface area (Å²) in [6.07, 6.45) is -1.02. The number of hydrogen-bond acceptors (Lipinski definition) is 5. The molecule has 0 aliphatic carbocycles.